The van der Waals surface area contributed by atoms with Crippen LogP contribution in [0.2, 0.25) is 0 Å². The molecular weight excluding hydrogens is 234 g/mol. The van der Waals surface area contributed by atoms with Gasteiger partial charge >= 0.3 is 0 Å². The van der Waals surface area contributed by atoms with Gasteiger partial charge in [-0.15, -0.1) is 0 Å². The summed E-state index contributed by atoms with van der Waals surface area (Å²) in [5.41, 5.74) is 1.98. The average Bonchev–Trinajstić information content (AvgIpc) is 2.28. The van der Waals surface area contributed by atoms with E-state index in [0.29, 0.717) is 4.90 Å². The topological polar surface area (TPSA) is 46.2 Å². The average molecular weight is 253 g/mol. The van der Waals surface area contributed by atoms with Gasteiger partial charge in [0.2, 0.25) is 0 Å². The zero-order valence-corrected chi connectivity index (χ0v) is 11.4. The Morgan fingerprint density at radius 3 is 2.65 bits per heavy atom. The fraction of sp³-hybridized carbons (Fsp3) is 0.538. The molecule has 0 saturated heterocycles. The van der Waals surface area contributed by atoms with Crippen LogP contribution in [0.4, 0.5) is 0 Å². The van der Waals surface area contributed by atoms with Crippen molar-refractivity contribution in [1.82, 2.24) is 5.32 Å². The molecule has 0 spiro atoms. The van der Waals surface area contributed by atoms with Crippen molar-refractivity contribution in [2.75, 3.05) is 12.8 Å². The van der Waals surface area contributed by atoms with Gasteiger partial charge < -0.3 is 5.32 Å². The summed E-state index contributed by atoms with van der Waals surface area (Å²) >= 11 is 0. The van der Waals surface area contributed by atoms with Gasteiger partial charge in [-0.3, -0.25) is 0 Å². The Kier molecular flexibility index (Phi) is 3.04. The van der Waals surface area contributed by atoms with E-state index in [1.165, 1.54) is 0 Å². The molecule has 94 valence electrons. The van der Waals surface area contributed by atoms with Crippen LogP contribution in [0.1, 0.15) is 31.4 Å². The van der Waals surface area contributed by atoms with Gasteiger partial charge in [0, 0.05) is 5.54 Å². The smallest absolute Gasteiger partial charge is 0.178 e. The number of hydrogen-bond donors (Lipinski definition) is 1. The Morgan fingerprint density at radius 1 is 1.29 bits per heavy atom. The van der Waals surface area contributed by atoms with Crippen LogP contribution in [0.25, 0.3) is 0 Å². The van der Waals surface area contributed by atoms with Gasteiger partial charge in [-0.1, -0.05) is 12.1 Å². The maximum atomic E-state index is 11.9. The van der Waals surface area contributed by atoms with E-state index in [9.17, 15) is 8.42 Å². The summed E-state index contributed by atoms with van der Waals surface area (Å²) in [6, 6.07) is 5.71. The summed E-state index contributed by atoms with van der Waals surface area (Å²) in [4.78, 5) is 0.527. The predicted octanol–water partition coefficient (Wildman–Crippen LogP) is 1.86. The van der Waals surface area contributed by atoms with E-state index in [-0.39, 0.29) is 11.3 Å². The lowest BCUT2D eigenvalue weighted by molar-refractivity contribution is 0.443. The van der Waals surface area contributed by atoms with E-state index in [2.05, 4.69) is 19.2 Å². The fourth-order valence-corrected chi connectivity index (χ4v) is 3.75. The highest BCUT2D eigenvalue weighted by Gasteiger charge is 2.26. The van der Waals surface area contributed by atoms with E-state index in [4.69, 9.17) is 0 Å². The van der Waals surface area contributed by atoms with Crippen molar-refractivity contribution in [3.05, 3.63) is 29.3 Å². The van der Waals surface area contributed by atoms with E-state index >= 15 is 0 Å². The minimum absolute atomic E-state index is 0.129. The maximum Gasteiger partial charge on any atom is 0.178 e. The summed E-state index contributed by atoms with van der Waals surface area (Å²) < 4.78 is 23.8. The molecule has 0 atom stereocenters. The number of nitrogens with one attached hydrogen (secondary N) is 1. The molecule has 0 aromatic heterocycles. The first-order chi connectivity index (χ1) is 7.87. The normalized spacial score (nSPS) is 18.8. The maximum absolute atomic E-state index is 11.9. The van der Waals surface area contributed by atoms with E-state index in [1.807, 2.05) is 19.2 Å². The Labute approximate surface area is 103 Å². The van der Waals surface area contributed by atoms with Gasteiger partial charge in [-0.25, -0.2) is 8.42 Å². The van der Waals surface area contributed by atoms with Crippen LogP contribution >= 0.6 is 0 Å². The van der Waals surface area contributed by atoms with E-state index in [0.717, 1.165) is 24.0 Å². The van der Waals surface area contributed by atoms with Crippen LogP contribution in [0.3, 0.4) is 0 Å². The van der Waals surface area contributed by atoms with Crippen LogP contribution in [-0.2, 0) is 21.8 Å². The van der Waals surface area contributed by atoms with Crippen LogP contribution in [0.5, 0.6) is 0 Å². The standard InChI is InChI=1S/C13H19NO2S/c1-13(2,14-3)11-6-7-12-10(9-11)5-4-8-17(12,15)16/h6-7,9,14H,4-5,8H2,1-3H3. The fourth-order valence-electron chi connectivity index (χ4n) is 2.17. The van der Waals surface area contributed by atoms with Gasteiger partial charge in [0.1, 0.15) is 0 Å². The number of rotatable bonds is 2. The zero-order chi connectivity index (χ0) is 12.7. The quantitative estimate of drug-likeness (QED) is 0.875. The second-order valence-electron chi connectivity index (χ2n) is 5.12. The number of aryl methyl sites for hydroxylation is 1. The van der Waals surface area contributed by atoms with Crippen molar-refractivity contribution in [2.24, 2.45) is 0 Å². The number of benzene rings is 1. The lowest BCUT2D eigenvalue weighted by Crippen LogP contribution is -2.33. The molecule has 1 N–H and O–H groups in total. The molecule has 0 fully saturated rings. The third kappa shape index (κ3) is 2.24. The Hall–Kier alpha value is -0.870. The lowest BCUT2D eigenvalue weighted by atomic mass is 9.92. The molecule has 4 heteroatoms. The molecule has 0 aliphatic carbocycles. The first-order valence-corrected chi connectivity index (χ1v) is 7.57. The summed E-state index contributed by atoms with van der Waals surface area (Å²) in [6.07, 6.45) is 1.60. The van der Waals surface area contributed by atoms with Crippen molar-refractivity contribution >= 4 is 9.84 Å². The molecule has 1 aliphatic heterocycles. The predicted molar refractivity (Wildman–Crippen MR) is 68.9 cm³/mol. The first kappa shape index (κ1) is 12.6. The Balaban J connectivity index is 2.53. The van der Waals surface area contributed by atoms with Gasteiger partial charge in [0.15, 0.2) is 9.84 Å². The molecule has 3 nitrogen and oxygen atoms in total. The lowest BCUT2D eigenvalue weighted by Gasteiger charge is -2.27. The highest BCUT2D eigenvalue weighted by molar-refractivity contribution is 7.91. The van der Waals surface area contributed by atoms with Crippen LogP contribution in [0, 0.1) is 0 Å². The van der Waals surface area contributed by atoms with Crippen molar-refractivity contribution in [1.29, 1.82) is 0 Å². The molecule has 1 aliphatic rings. The van der Waals surface area contributed by atoms with Gasteiger partial charge in [0.25, 0.3) is 0 Å². The molecule has 0 radical (unpaired) electrons. The number of sulfone groups is 1. The van der Waals surface area contributed by atoms with Crippen molar-refractivity contribution in [2.45, 2.75) is 37.1 Å². The molecule has 0 saturated carbocycles. The zero-order valence-electron chi connectivity index (χ0n) is 10.6. The van der Waals surface area contributed by atoms with Gasteiger partial charge in [0.05, 0.1) is 10.6 Å². The molecule has 0 amide bonds. The van der Waals surface area contributed by atoms with Crippen molar-refractivity contribution in [3.8, 4) is 0 Å². The van der Waals surface area contributed by atoms with Crippen LogP contribution in [-0.4, -0.2) is 21.2 Å². The third-order valence-corrected chi connectivity index (χ3v) is 5.50. The largest absolute Gasteiger partial charge is 0.311 e. The highest BCUT2D eigenvalue weighted by atomic mass is 32.2. The Morgan fingerprint density at radius 2 is 2.00 bits per heavy atom. The van der Waals surface area contributed by atoms with Crippen LogP contribution < -0.4 is 5.32 Å². The molecule has 1 heterocycles. The minimum atomic E-state index is -3.03. The number of fused-ring (bicyclic) bond motifs is 1. The number of hydrogen-bond acceptors (Lipinski definition) is 3. The van der Waals surface area contributed by atoms with Crippen molar-refractivity contribution in [3.63, 3.8) is 0 Å². The molecule has 1 aromatic rings. The van der Waals surface area contributed by atoms with Gasteiger partial charge in [-0.05, 0) is 50.9 Å². The second-order valence-corrected chi connectivity index (χ2v) is 7.20. The van der Waals surface area contributed by atoms with Crippen LogP contribution in [0.15, 0.2) is 23.1 Å². The van der Waals surface area contributed by atoms with Gasteiger partial charge in [-0.2, -0.15) is 0 Å². The monoisotopic (exact) mass is 253 g/mol. The highest BCUT2D eigenvalue weighted by Crippen LogP contribution is 2.29. The minimum Gasteiger partial charge on any atom is -0.311 e. The Bertz CT molecular complexity index is 532. The molecule has 17 heavy (non-hydrogen) atoms. The third-order valence-electron chi connectivity index (χ3n) is 3.60. The summed E-state index contributed by atoms with van der Waals surface area (Å²) in [5, 5.41) is 3.24. The van der Waals surface area contributed by atoms with E-state index < -0.39 is 9.84 Å². The second kappa shape index (κ2) is 4.10. The summed E-state index contributed by atoms with van der Waals surface area (Å²) in [6.45, 7) is 4.18. The molecule has 0 unspecified atom stereocenters. The molecule has 2 rings (SSSR count). The van der Waals surface area contributed by atoms with Crippen molar-refractivity contribution < 1.29 is 8.42 Å². The summed E-state index contributed by atoms with van der Waals surface area (Å²) in [5.74, 6) is 0.286. The van der Waals surface area contributed by atoms with E-state index in [1.54, 1.807) is 6.07 Å². The SMILES string of the molecule is CNC(C)(C)c1ccc2c(c1)CCCS2(=O)=O. The molecule has 1 aromatic carbocycles. The molecular formula is C13H19NO2S. The first-order valence-electron chi connectivity index (χ1n) is 5.92. The molecule has 0 bridgehead atoms. The summed E-state index contributed by atoms with van der Waals surface area (Å²) in [7, 11) is -1.12.